The molecule has 0 saturated carbocycles. The van der Waals surface area contributed by atoms with E-state index in [1.807, 2.05) is 13.8 Å². The lowest BCUT2D eigenvalue weighted by Crippen LogP contribution is -2.38. The number of nitrogens with zero attached hydrogens (tertiary/aromatic N) is 3. The fourth-order valence-electron chi connectivity index (χ4n) is 2.74. The van der Waals surface area contributed by atoms with Crippen molar-refractivity contribution in [1.82, 2.24) is 9.78 Å². The minimum Gasteiger partial charge on any atom is -0.465 e. The third-order valence-electron chi connectivity index (χ3n) is 3.88. The first kappa shape index (κ1) is 14.7. The van der Waals surface area contributed by atoms with Crippen LogP contribution in [0.25, 0.3) is 0 Å². The Morgan fingerprint density at radius 1 is 1.45 bits per heavy atom. The Kier molecular flexibility index (Phi) is 4.20. The van der Waals surface area contributed by atoms with Gasteiger partial charge < -0.3 is 15.4 Å². The molecule has 0 amide bonds. The Morgan fingerprint density at radius 3 is 2.70 bits per heavy atom. The number of methoxy groups -OCH3 is 1. The van der Waals surface area contributed by atoms with Crippen LogP contribution in [0.15, 0.2) is 0 Å². The highest BCUT2D eigenvalue weighted by Crippen LogP contribution is 2.32. The van der Waals surface area contributed by atoms with Gasteiger partial charge in [-0.25, -0.2) is 9.48 Å². The van der Waals surface area contributed by atoms with E-state index in [2.05, 4.69) is 16.9 Å². The van der Waals surface area contributed by atoms with Gasteiger partial charge in [-0.15, -0.1) is 0 Å². The molecule has 2 rings (SSSR count). The summed E-state index contributed by atoms with van der Waals surface area (Å²) in [5.41, 5.74) is 6.50. The number of nitrogen functional groups attached to an aromatic ring is 1. The van der Waals surface area contributed by atoms with E-state index in [0.29, 0.717) is 23.2 Å². The zero-order chi connectivity index (χ0) is 14.9. The van der Waals surface area contributed by atoms with Gasteiger partial charge >= 0.3 is 5.97 Å². The molecule has 1 aliphatic heterocycles. The molecule has 1 unspecified atom stereocenters. The van der Waals surface area contributed by atoms with Crippen molar-refractivity contribution in [2.45, 2.75) is 52.1 Å². The molecule has 0 bridgehead atoms. The molecule has 2 heterocycles. The topological polar surface area (TPSA) is 73.4 Å². The van der Waals surface area contributed by atoms with Crippen molar-refractivity contribution in [3.8, 4) is 0 Å². The molecular weight excluding hydrogens is 256 g/mol. The second-order valence-electron chi connectivity index (χ2n) is 5.65. The predicted molar refractivity (Wildman–Crippen MR) is 79.0 cm³/mol. The first-order chi connectivity index (χ1) is 9.47. The molecule has 1 saturated heterocycles. The van der Waals surface area contributed by atoms with E-state index >= 15 is 0 Å². The summed E-state index contributed by atoms with van der Waals surface area (Å²) in [6.45, 7) is 7.05. The number of anilines is 2. The third-order valence-corrected chi connectivity index (χ3v) is 3.88. The summed E-state index contributed by atoms with van der Waals surface area (Å²) in [5.74, 6) is 0.636. The first-order valence-corrected chi connectivity index (χ1v) is 7.20. The Balaban J connectivity index is 2.50. The molecule has 2 N–H and O–H groups in total. The number of nitrogens with two attached hydrogens (primary N) is 1. The summed E-state index contributed by atoms with van der Waals surface area (Å²) >= 11 is 0. The lowest BCUT2D eigenvalue weighted by molar-refractivity contribution is 0.0602. The van der Waals surface area contributed by atoms with Gasteiger partial charge in [-0.1, -0.05) is 0 Å². The minimum absolute atomic E-state index is 0.104. The van der Waals surface area contributed by atoms with Gasteiger partial charge in [0, 0.05) is 18.6 Å². The van der Waals surface area contributed by atoms with Crippen molar-refractivity contribution in [2.24, 2.45) is 0 Å². The van der Waals surface area contributed by atoms with Gasteiger partial charge in [-0.3, -0.25) is 0 Å². The Labute approximate surface area is 119 Å². The molecular formula is C14H24N4O2. The van der Waals surface area contributed by atoms with Crippen LogP contribution in [0.4, 0.5) is 11.6 Å². The second kappa shape index (κ2) is 5.73. The standard InChI is InChI=1S/C14H24N4O2/c1-9(2)18-12(15)11(14(19)20-4)13(16-18)17-8-6-5-7-10(17)3/h9-10H,5-8,15H2,1-4H3. The number of ether oxygens (including phenoxy) is 1. The highest BCUT2D eigenvalue weighted by atomic mass is 16.5. The van der Waals surface area contributed by atoms with Crippen LogP contribution < -0.4 is 10.6 Å². The summed E-state index contributed by atoms with van der Waals surface area (Å²) in [7, 11) is 1.37. The van der Waals surface area contributed by atoms with Crippen LogP contribution in [0.3, 0.4) is 0 Å². The molecule has 0 aliphatic carbocycles. The quantitative estimate of drug-likeness (QED) is 0.859. The van der Waals surface area contributed by atoms with Crippen LogP contribution in [0.1, 0.15) is 56.4 Å². The maximum Gasteiger partial charge on any atom is 0.345 e. The molecule has 6 heteroatoms. The number of aromatic nitrogens is 2. The van der Waals surface area contributed by atoms with Crippen molar-refractivity contribution < 1.29 is 9.53 Å². The summed E-state index contributed by atoms with van der Waals surface area (Å²) in [5, 5.41) is 4.57. The van der Waals surface area contributed by atoms with Gasteiger partial charge in [0.2, 0.25) is 0 Å². The summed E-state index contributed by atoms with van der Waals surface area (Å²) in [6, 6.07) is 0.467. The van der Waals surface area contributed by atoms with Crippen LogP contribution in [-0.4, -0.2) is 35.4 Å². The van der Waals surface area contributed by atoms with Gasteiger partial charge in [0.25, 0.3) is 0 Å². The van der Waals surface area contributed by atoms with E-state index < -0.39 is 5.97 Å². The van der Waals surface area contributed by atoms with Gasteiger partial charge in [0.15, 0.2) is 5.82 Å². The molecule has 1 atom stereocenters. The molecule has 0 spiro atoms. The van der Waals surface area contributed by atoms with Gasteiger partial charge in [-0.2, -0.15) is 5.10 Å². The van der Waals surface area contributed by atoms with Crippen LogP contribution in [-0.2, 0) is 4.74 Å². The number of rotatable bonds is 3. The van der Waals surface area contributed by atoms with Crippen molar-refractivity contribution >= 4 is 17.6 Å². The Bertz CT molecular complexity index is 496. The van der Waals surface area contributed by atoms with E-state index in [-0.39, 0.29) is 6.04 Å². The molecule has 0 radical (unpaired) electrons. The molecule has 6 nitrogen and oxygen atoms in total. The Hall–Kier alpha value is -1.72. The average Bonchev–Trinajstić information content (AvgIpc) is 2.76. The number of esters is 1. The molecule has 112 valence electrons. The lowest BCUT2D eigenvalue weighted by atomic mass is 10.0. The van der Waals surface area contributed by atoms with Crippen molar-refractivity contribution in [2.75, 3.05) is 24.3 Å². The first-order valence-electron chi connectivity index (χ1n) is 7.20. The normalized spacial score (nSPS) is 19.4. The molecule has 1 aromatic heterocycles. The van der Waals surface area contributed by atoms with Crippen molar-refractivity contribution in [1.29, 1.82) is 0 Å². The summed E-state index contributed by atoms with van der Waals surface area (Å²) in [6.07, 6.45) is 3.43. The van der Waals surface area contributed by atoms with Crippen LogP contribution in [0, 0.1) is 0 Å². The van der Waals surface area contributed by atoms with E-state index in [1.165, 1.54) is 13.5 Å². The summed E-state index contributed by atoms with van der Waals surface area (Å²) < 4.78 is 6.58. The molecule has 20 heavy (non-hydrogen) atoms. The number of carbonyl (C=O) groups is 1. The average molecular weight is 280 g/mol. The zero-order valence-corrected chi connectivity index (χ0v) is 12.7. The minimum atomic E-state index is -0.415. The third kappa shape index (κ3) is 2.46. The number of hydrogen-bond acceptors (Lipinski definition) is 5. The maximum atomic E-state index is 12.1. The number of hydrogen-bond donors (Lipinski definition) is 1. The highest BCUT2D eigenvalue weighted by Gasteiger charge is 2.30. The monoisotopic (exact) mass is 280 g/mol. The smallest absolute Gasteiger partial charge is 0.345 e. The zero-order valence-electron chi connectivity index (χ0n) is 12.7. The van der Waals surface area contributed by atoms with Crippen LogP contribution in [0.2, 0.25) is 0 Å². The van der Waals surface area contributed by atoms with Crippen molar-refractivity contribution in [3.05, 3.63) is 5.56 Å². The van der Waals surface area contributed by atoms with Crippen molar-refractivity contribution in [3.63, 3.8) is 0 Å². The largest absolute Gasteiger partial charge is 0.465 e. The number of carbonyl (C=O) groups excluding carboxylic acids is 1. The highest BCUT2D eigenvalue weighted by molar-refractivity contribution is 5.99. The fourth-order valence-corrected chi connectivity index (χ4v) is 2.74. The van der Waals surface area contributed by atoms with E-state index in [9.17, 15) is 4.79 Å². The molecule has 1 fully saturated rings. The molecule has 0 aromatic carbocycles. The van der Waals surface area contributed by atoms with Crippen LogP contribution in [0.5, 0.6) is 0 Å². The fraction of sp³-hybridized carbons (Fsp3) is 0.714. The number of piperidine rings is 1. The lowest BCUT2D eigenvalue weighted by Gasteiger charge is -2.34. The van der Waals surface area contributed by atoms with Crippen LogP contribution >= 0.6 is 0 Å². The van der Waals surface area contributed by atoms with Gasteiger partial charge in [0.05, 0.1) is 7.11 Å². The SMILES string of the molecule is COC(=O)c1c(N2CCCCC2C)nn(C(C)C)c1N. The van der Waals surface area contributed by atoms with E-state index in [4.69, 9.17) is 10.5 Å². The second-order valence-corrected chi connectivity index (χ2v) is 5.65. The molecule has 1 aliphatic rings. The predicted octanol–water partition coefficient (Wildman–Crippen LogP) is 2.21. The van der Waals surface area contributed by atoms with E-state index in [0.717, 1.165) is 19.4 Å². The summed E-state index contributed by atoms with van der Waals surface area (Å²) in [4.78, 5) is 14.2. The van der Waals surface area contributed by atoms with Gasteiger partial charge in [-0.05, 0) is 40.0 Å². The molecule has 1 aromatic rings. The maximum absolute atomic E-state index is 12.1. The van der Waals surface area contributed by atoms with Gasteiger partial charge in [0.1, 0.15) is 11.4 Å². The van der Waals surface area contributed by atoms with E-state index in [1.54, 1.807) is 4.68 Å². The Morgan fingerprint density at radius 2 is 2.15 bits per heavy atom.